The van der Waals surface area contributed by atoms with Crippen molar-refractivity contribution in [3.05, 3.63) is 0 Å². The Morgan fingerprint density at radius 2 is 1.09 bits per heavy atom. The monoisotopic (exact) mass is 359 g/mol. The molecule has 22 heavy (non-hydrogen) atoms. The molecule has 0 aromatic carbocycles. The predicted octanol–water partition coefficient (Wildman–Crippen LogP) is 4.84. The van der Waals surface area contributed by atoms with Crippen molar-refractivity contribution >= 4 is 15.5 Å². The van der Waals surface area contributed by atoms with Crippen LogP contribution in [0.5, 0.6) is 0 Å². The molecule has 0 spiro atoms. The van der Waals surface area contributed by atoms with Crippen LogP contribution in [0, 0.1) is 0 Å². The zero-order chi connectivity index (χ0) is 17.1. The molecule has 7 nitrogen and oxygen atoms in total. The van der Waals surface area contributed by atoms with Crippen LogP contribution >= 0.6 is 15.5 Å². The van der Waals surface area contributed by atoms with Crippen molar-refractivity contribution in [2.75, 3.05) is 33.5 Å². The minimum absolute atomic E-state index is 0.172. The van der Waals surface area contributed by atoms with Crippen molar-refractivity contribution in [2.24, 2.45) is 0 Å². The van der Waals surface area contributed by atoms with Gasteiger partial charge >= 0.3 is 15.5 Å². The smallest absolute Gasteiger partial charge is 0.297 e. The maximum absolute atomic E-state index is 13.0. The SMILES string of the molecule is CCCCOP(=O)(OCCCC)N(C)P(=O)(OCC)OCC. The number of hydrogen-bond donors (Lipinski definition) is 0. The molecule has 0 atom stereocenters. The Morgan fingerprint density at radius 3 is 1.41 bits per heavy atom. The van der Waals surface area contributed by atoms with E-state index in [4.69, 9.17) is 18.1 Å². The van der Waals surface area contributed by atoms with Gasteiger partial charge in [-0.3, -0.25) is 18.1 Å². The summed E-state index contributed by atoms with van der Waals surface area (Å²) in [5.41, 5.74) is 0. The van der Waals surface area contributed by atoms with Gasteiger partial charge in [0.25, 0.3) is 0 Å². The summed E-state index contributed by atoms with van der Waals surface area (Å²) < 4.78 is 48.1. The molecule has 0 aliphatic rings. The molecule has 0 saturated carbocycles. The zero-order valence-electron chi connectivity index (χ0n) is 14.4. The normalized spacial score (nSPS) is 13.0. The van der Waals surface area contributed by atoms with Gasteiger partial charge in [-0.1, -0.05) is 26.7 Å². The first-order valence-corrected chi connectivity index (χ1v) is 10.9. The lowest BCUT2D eigenvalue weighted by Crippen LogP contribution is -2.20. The fraction of sp³-hybridized carbons (Fsp3) is 1.00. The Balaban J connectivity index is 5.16. The molecular weight excluding hydrogens is 328 g/mol. The van der Waals surface area contributed by atoms with Gasteiger partial charge in [0.15, 0.2) is 0 Å². The first kappa shape index (κ1) is 22.3. The topological polar surface area (TPSA) is 74.3 Å². The average Bonchev–Trinajstić information content (AvgIpc) is 2.47. The molecule has 0 aliphatic carbocycles. The van der Waals surface area contributed by atoms with Crippen molar-refractivity contribution in [3.8, 4) is 0 Å². The lowest BCUT2D eigenvalue weighted by atomic mass is 10.4. The molecule has 0 radical (unpaired) electrons. The standard InChI is InChI=1S/C13H31NO6P2/c1-6-10-12-19-22(16,20-13-11-7-2)14(5)21(15,17-8-3)18-9-4/h6-13H2,1-5H3. The van der Waals surface area contributed by atoms with E-state index in [1.54, 1.807) is 13.8 Å². The molecule has 0 saturated heterocycles. The Hall–Kier alpha value is 0.260. The fourth-order valence-electron chi connectivity index (χ4n) is 1.52. The maximum Gasteiger partial charge on any atom is 0.417 e. The second kappa shape index (κ2) is 11.7. The van der Waals surface area contributed by atoms with E-state index in [0.717, 1.165) is 30.1 Å². The Bertz CT molecular complexity index is 356. The van der Waals surface area contributed by atoms with E-state index in [0.29, 0.717) is 0 Å². The number of hydrogen-bond acceptors (Lipinski definition) is 6. The minimum atomic E-state index is -3.73. The third-order valence-electron chi connectivity index (χ3n) is 2.80. The van der Waals surface area contributed by atoms with E-state index in [2.05, 4.69) is 0 Å². The van der Waals surface area contributed by atoms with Gasteiger partial charge < -0.3 is 0 Å². The van der Waals surface area contributed by atoms with Crippen LogP contribution in [0.25, 0.3) is 0 Å². The van der Waals surface area contributed by atoms with Crippen molar-refractivity contribution in [2.45, 2.75) is 53.4 Å². The van der Waals surface area contributed by atoms with E-state index >= 15 is 0 Å². The Morgan fingerprint density at radius 1 is 0.727 bits per heavy atom. The molecule has 0 amide bonds. The number of rotatable bonds is 14. The van der Waals surface area contributed by atoms with Crippen LogP contribution < -0.4 is 0 Å². The molecule has 9 heteroatoms. The van der Waals surface area contributed by atoms with Gasteiger partial charge in [-0.2, -0.15) is 0 Å². The molecular formula is C13H31NO6P2. The van der Waals surface area contributed by atoms with E-state index in [9.17, 15) is 9.13 Å². The molecule has 0 rings (SSSR count). The van der Waals surface area contributed by atoms with Gasteiger partial charge in [0.2, 0.25) is 0 Å². The van der Waals surface area contributed by atoms with Crippen LogP contribution in [0.1, 0.15) is 53.4 Å². The lowest BCUT2D eigenvalue weighted by molar-refractivity contribution is 0.150. The Kier molecular flexibility index (Phi) is 11.9. The zero-order valence-corrected chi connectivity index (χ0v) is 16.2. The quantitative estimate of drug-likeness (QED) is 0.324. The first-order chi connectivity index (χ1) is 10.4. The van der Waals surface area contributed by atoms with Crippen LogP contribution in [-0.4, -0.2) is 37.9 Å². The largest absolute Gasteiger partial charge is 0.417 e. The van der Waals surface area contributed by atoms with Crippen LogP contribution in [0.3, 0.4) is 0 Å². The van der Waals surface area contributed by atoms with Crippen molar-refractivity contribution < 1.29 is 27.2 Å². The number of unbranched alkanes of at least 4 members (excludes halogenated alkanes) is 2. The highest BCUT2D eigenvalue weighted by Gasteiger charge is 2.45. The lowest BCUT2D eigenvalue weighted by Gasteiger charge is -2.31. The van der Waals surface area contributed by atoms with Crippen LogP contribution in [0.15, 0.2) is 0 Å². The summed E-state index contributed by atoms with van der Waals surface area (Å²) in [7, 11) is -6.05. The molecule has 0 aromatic heterocycles. The highest BCUT2D eigenvalue weighted by atomic mass is 31.3. The summed E-state index contributed by atoms with van der Waals surface area (Å²) in [4.78, 5) is 0. The van der Waals surface area contributed by atoms with Crippen LogP contribution in [0.4, 0.5) is 0 Å². The molecule has 0 unspecified atom stereocenters. The summed E-state index contributed by atoms with van der Waals surface area (Å²) in [6.07, 6.45) is 3.27. The van der Waals surface area contributed by atoms with E-state index < -0.39 is 15.5 Å². The number of nitrogens with zero attached hydrogens (tertiary/aromatic N) is 1. The van der Waals surface area contributed by atoms with E-state index in [1.165, 1.54) is 7.05 Å². The third kappa shape index (κ3) is 7.22. The summed E-state index contributed by atoms with van der Waals surface area (Å²) in [6.45, 7) is 8.27. The van der Waals surface area contributed by atoms with Gasteiger partial charge in [-0.15, -0.1) is 4.44 Å². The fourth-order valence-corrected chi connectivity index (χ4v) is 5.40. The van der Waals surface area contributed by atoms with Gasteiger partial charge in [0.05, 0.1) is 26.4 Å². The van der Waals surface area contributed by atoms with E-state index in [-0.39, 0.29) is 26.4 Å². The third-order valence-corrected chi connectivity index (χ3v) is 7.72. The second-order valence-corrected chi connectivity index (χ2v) is 9.06. The molecule has 0 N–H and O–H groups in total. The van der Waals surface area contributed by atoms with Crippen LogP contribution in [0.2, 0.25) is 0 Å². The minimum Gasteiger partial charge on any atom is -0.297 e. The summed E-state index contributed by atoms with van der Waals surface area (Å²) in [5.74, 6) is 0. The maximum atomic E-state index is 13.0. The molecule has 0 fully saturated rings. The van der Waals surface area contributed by atoms with Crippen molar-refractivity contribution in [1.29, 1.82) is 0 Å². The predicted molar refractivity (Wildman–Crippen MR) is 87.9 cm³/mol. The Labute approximate surface area is 134 Å². The summed E-state index contributed by atoms with van der Waals surface area (Å²) in [6, 6.07) is 0. The highest BCUT2D eigenvalue weighted by Crippen LogP contribution is 2.67. The second-order valence-electron chi connectivity index (χ2n) is 4.64. The van der Waals surface area contributed by atoms with Gasteiger partial charge in [-0.05, 0) is 26.7 Å². The summed E-state index contributed by atoms with van der Waals surface area (Å²) >= 11 is 0. The highest BCUT2D eigenvalue weighted by molar-refractivity contribution is 7.66. The van der Waals surface area contributed by atoms with E-state index in [1.807, 2.05) is 13.8 Å². The molecule has 0 aromatic rings. The first-order valence-electron chi connectivity index (χ1n) is 7.93. The summed E-state index contributed by atoms with van der Waals surface area (Å²) in [5, 5.41) is 0. The average molecular weight is 359 g/mol. The molecule has 0 bridgehead atoms. The van der Waals surface area contributed by atoms with Gasteiger partial charge in [0, 0.05) is 7.05 Å². The van der Waals surface area contributed by atoms with Crippen LogP contribution in [-0.2, 0) is 27.2 Å². The van der Waals surface area contributed by atoms with Gasteiger partial charge in [-0.25, -0.2) is 9.13 Å². The molecule has 134 valence electrons. The molecule has 0 aliphatic heterocycles. The molecule has 0 heterocycles. The van der Waals surface area contributed by atoms with Crippen molar-refractivity contribution in [3.63, 3.8) is 0 Å². The van der Waals surface area contributed by atoms with Crippen molar-refractivity contribution in [1.82, 2.24) is 4.44 Å². The van der Waals surface area contributed by atoms with Gasteiger partial charge in [0.1, 0.15) is 0 Å².